The number of ether oxygens (including phenoxy) is 1. The number of carbonyl (C=O) groups is 2. The molecule has 0 aliphatic rings. The van der Waals surface area contributed by atoms with Gasteiger partial charge in [-0.25, -0.2) is 0 Å². The summed E-state index contributed by atoms with van der Waals surface area (Å²) in [4.78, 5) is 24.3. The molecule has 0 aliphatic heterocycles. The van der Waals surface area contributed by atoms with Gasteiger partial charge in [0.25, 0.3) is 5.91 Å². The fraction of sp³-hybridized carbons (Fsp3) is 0.467. The molecule has 0 aliphatic carbocycles. The number of benzene rings is 1. The molecule has 1 N–H and O–H groups in total. The Labute approximate surface area is 119 Å². The summed E-state index contributed by atoms with van der Waals surface area (Å²) in [5.41, 5.74) is 0.974. The van der Waals surface area contributed by atoms with Crippen LogP contribution in [-0.2, 0) is 20.9 Å². The number of carboxylic acids is 1. The topological polar surface area (TPSA) is 66.8 Å². The summed E-state index contributed by atoms with van der Waals surface area (Å²) in [5, 5.41) is 8.84. The maximum absolute atomic E-state index is 12.2. The van der Waals surface area contributed by atoms with Gasteiger partial charge in [0.2, 0.25) is 0 Å². The molecule has 1 aromatic carbocycles. The Morgan fingerprint density at radius 3 is 2.30 bits per heavy atom. The molecule has 0 fully saturated rings. The average molecular weight is 279 g/mol. The van der Waals surface area contributed by atoms with Crippen molar-refractivity contribution in [3.8, 4) is 0 Å². The van der Waals surface area contributed by atoms with E-state index in [0.29, 0.717) is 6.61 Å². The zero-order valence-electron chi connectivity index (χ0n) is 12.1. The number of hydrogen-bond acceptors (Lipinski definition) is 3. The second-order valence-corrected chi connectivity index (χ2v) is 4.89. The molecule has 0 bridgehead atoms. The highest BCUT2D eigenvalue weighted by Crippen LogP contribution is 2.08. The fourth-order valence-electron chi connectivity index (χ4n) is 1.76. The highest BCUT2D eigenvalue weighted by molar-refractivity contribution is 5.84. The standard InChI is InChI=1S/C15H21NO4/c1-11(2)16(9-14(17)18)15(19)12(3)20-10-13-7-5-4-6-8-13/h4-8,11-12H,9-10H2,1-3H3,(H,17,18). The Balaban J connectivity index is 2.58. The number of hydrogen-bond donors (Lipinski definition) is 1. The average Bonchev–Trinajstić information content (AvgIpc) is 2.42. The van der Waals surface area contributed by atoms with Crippen LogP contribution in [0.2, 0.25) is 0 Å². The van der Waals surface area contributed by atoms with Crippen molar-refractivity contribution in [1.82, 2.24) is 4.90 Å². The zero-order chi connectivity index (χ0) is 15.1. The summed E-state index contributed by atoms with van der Waals surface area (Å²) >= 11 is 0. The molecule has 0 saturated heterocycles. The second kappa shape index (κ2) is 7.65. The first-order valence-electron chi connectivity index (χ1n) is 6.59. The molecule has 0 spiro atoms. The number of carboxylic acid groups (broad SMARTS) is 1. The van der Waals surface area contributed by atoms with Gasteiger partial charge in [0.1, 0.15) is 12.6 Å². The predicted octanol–water partition coefficient (Wildman–Crippen LogP) is 1.91. The molecule has 1 aromatic rings. The number of rotatable bonds is 7. The van der Waals surface area contributed by atoms with Crippen LogP contribution in [0, 0.1) is 0 Å². The van der Waals surface area contributed by atoms with Crippen molar-refractivity contribution >= 4 is 11.9 Å². The van der Waals surface area contributed by atoms with E-state index in [1.54, 1.807) is 20.8 Å². The number of aliphatic carboxylic acids is 1. The number of nitrogens with zero attached hydrogens (tertiary/aromatic N) is 1. The first-order chi connectivity index (χ1) is 9.41. The van der Waals surface area contributed by atoms with Crippen LogP contribution >= 0.6 is 0 Å². The molecule has 1 atom stereocenters. The quantitative estimate of drug-likeness (QED) is 0.828. The molecule has 110 valence electrons. The van der Waals surface area contributed by atoms with Gasteiger partial charge in [0, 0.05) is 6.04 Å². The summed E-state index contributed by atoms with van der Waals surface area (Å²) < 4.78 is 5.52. The monoisotopic (exact) mass is 279 g/mol. The Kier molecular flexibility index (Phi) is 6.18. The van der Waals surface area contributed by atoms with Crippen molar-refractivity contribution in [2.75, 3.05) is 6.54 Å². The fourth-order valence-corrected chi connectivity index (χ4v) is 1.76. The van der Waals surface area contributed by atoms with Crippen molar-refractivity contribution < 1.29 is 19.4 Å². The van der Waals surface area contributed by atoms with Crippen LogP contribution in [-0.4, -0.2) is 40.6 Å². The molecule has 1 unspecified atom stereocenters. The van der Waals surface area contributed by atoms with Gasteiger partial charge in [-0.1, -0.05) is 30.3 Å². The minimum Gasteiger partial charge on any atom is -0.480 e. The molecule has 0 heterocycles. The smallest absolute Gasteiger partial charge is 0.323 e. The lowest BCUT2D eigenvalue weighted by molar-refractivity contribution is -0.152. The van der Waals surface area contributed by atoms with Crippen LogP contribution in [0.4, 0.5) is 0 Å². The Hall–Kier alpha value is -1.88. The summed E-state index contributed by atoms with van der Waals surface area (Å²) in [6, 6.07) is 9.35. The van der Waals surface area contributed by atoms with E-state index in [1.807, 2.05) is 30.3 Å². The van der Waals surface area contributed by atoms with Crippen LogP contribution in [0.25, 0.3) is 0 Å². The van der Waals surface area contributed by atoms with Crippen molar-refractivity contribution in [1.29, 1.82) is 0 Å². The van der Waals surface area contributed by atoms with E-state index in [9.17, 15) is 9.59 Å². The van der Waals surface area contributed by atoms with Gasteiger partial charge in [-0.2, -0.15) is 0 Å². The first kappa shape index (κ1) is 16.2. The molecule has 1 amide bonds. The highest BCUT2D eigenvalue weighted by Gasteiger charge is 2.25. The lowest BCUT2D eigenvalue weighted by Crippen LogP contribution is -2.45. The van der Waals surface area contributed by atoms with E-state index in [0.717, 1.165) is 5.56 Å². The lowest BCUT2D eigenvalue weighted by Gasteiger charge is -2.27. The van der Waals surface area contributed by atoms with E-state index in [2.05, 4.69) is 0 Å². The van der Waals surface area contributed by atoms with Crippen molar-refractivity contribution in [2.24, 2.45) is 0 Å². The van der Waals surface area contributed by atoms with Crippen molar-refractivity contribution in [2.45, 2.75) is 39.5 Å². The second-order valence-electron chi connectivity index (χ2n) is 4.89. The molecule has 20 heavy (non-hydrogen) atoms. The largest absolute Gasteiger partial charge is 0.480 e. The van der Waals surface area contributed by atoms with E-state index in [1.165, 1.54) is 4.90 Å². The van der Waals surface area contributed by atoms with Gasteiger partial charge in [0.15, 0.2) is 0 Å². The molecule has 5 heteroatoms. The molecular formula is C15H21NO4. The van der Waals surface area contributed by atoms with Gasteiger partial charge >= 0.3 is 5.97 Å². The van der Waals surface area contributed by atoms with Gasteiger partial charge < -0.3 is 14.7 Å². The third-order valence-electron chi connectivity index (χ3n) is 2.90. The maximum atomic E-state index is 12.2. The van der Waals surface area contributed by atoms with E-state index < -0.39 is 12.1 Å². The molecule has 5 nitrogen and oxygen atoms in total. The van der Waals surface area contributed by atoms with Gasteiger partial charge in [-0.3, -0.25) is 9.59 Å². The van der Waals surface area contributed by atoms with Crippen LogP contribution in [0.3, 0.4) is 0 Å². The summed E-state index contributed by atoms with van der Waals surface area (Å²) in [5.74, 6) is -1.33. The molecule has 0 saturated carbocycles. The Bertz CT molecular complexity index is 444. The summed E-state index contributed by atoms with van der Waals surface area (Å²) in [6.07, 6.45) is -0.669. The van der Waals surface area contributed by atoms with Crippen LogP contribution < -0.4 is 0 Å². The maximum Gasteiger partial charge on any atom is 0.323 e. The van der Waals surface area contributed by atoms with Crippen LogP contribution in [0.15, 0.2) is 30.3 Å². The Morgan fingerprint density at radius 2 is 1.80 bits per heavy atom. The van der Waals surface area contributed by atoms with E-state index >= 15 is 0 Å². The SMILES string of the molecule is CC(OCc1ccccc1)C(=O)N(CC(=O)O)C(C)C. The molecule has 0 radical (unpaired) electrons. The minimum absolute atomic E-state index is 0.179. The van der Waals surface area contributed by atoms with E-state index in [-0.39, 0.29) is 18.5 Å². The predicted molar refractivity (Wildman–Crippen MR) is 75.2 cm³/mol. The highest BCUT2D eigenvalue weighted by atomic mass is 16.5. The zero-order valence-corrected chi connectivity index (χ0v) is 12.1. The molecule has 1 rings (SSSR count). The van der Waals surface area contributed by atoms with Gasteiger partial charge in [-0.15, -0.1) is 0 Å². The number of carbonyl (C=O) groups excluding carboxylic acids is 1. The van der Waals surface area contributed by atoms with Gasteiger partial charge in [0.05, 0.1) is 6.61 Å². The molecule has 0 aromatic heterocycles. The van der Waals surface area contributed by atoms with Crippen molar-refractivity contribution in [3.63, 3.8) is 0 Å². The third-order valence-corrected chi connectivity index (χ3v) is 2.90. The minimum atomic E-state index is -1.03. The van der Waals surface area contributed by atoms with E-state index in [4.69, 9.17) is 9.84 Å². The number of amides is 1. The van der Waals surface area contributed by atoms with Gasteiger partial charge in [-0.05, 0) is 26.3 Å². The normalized spacial score (nSPS) is 12.2. The first-order valence-corrected chi connectivity index (χ1v) is 6.59. The van der Waals surface area contributed by atoms with Crippen LogP contribution in [0.1, 0.15) is 26.3 Å². The van der Waals surface area contributed by atoms with Crippen LogP contribution in [0.5, 0.6) is 0 Å². The summed E-state index contributed by atoms with van der Waals surface area (Å²) in [7, 11) is 0. The lowest BCUT2D eigenvalue weighted by atomic mass is 10.2. The molecular weight excluding hydrogens is 258 g/mol. The third kappa shape index (κ3) is 5.01. The van der Waals surface area contributed by atoms with Crippen molar-refractivity contribution in [3.05, 3.63) is 35.9 Å². The summed E-state index contributed by atoms with van der Waals surface area (Å²) in [6.45, 7) is 5.22. The Morgan fingerprint density at radius 1 is 1.20 bits per heavy atom.